The molecular weight excluding hydrogens is 306 g/mol. The minimum Gasteiger partial charge on any atom is -0.326 e. The Kier molecular flexibility index (Phi) is 3.62. The molecule has 0 bridgehead atoms. The standard InChI is InChI=1S/C14H13N3O2S2/c15-8-13-14(5-7-20-13)21(18,19)17-12-3-1-2-10-4-6-16-9-11(10)12/h1-7,9,17H,8,15H2. The van der Waals surface area contributed by atoms with Crippen molar-refractivity contribution in [3.05, 3.63) is 53.0 Å². The normalized spacial score (nSPS) is 11.7. The summed E-state index contributed by atoms with van der Waals surface area (Å²) in [6.07, 6.45) is 3.32. The summed E-state index contributed by atoms with van der Waals surface area (Å²) < 4.78 is 27.6. The van der Waals surface area contributed by atoms with Crippen LogP contribution in [0, 0.1) is 0 Å². The quantitative estimate of drug-likeness (QED) is 0.774. The summed E-state index contributed by atoms with van der Waals surface area (Å²) in [5.74, 6) is 0. The molecule has 0 fully saturated rings. The van der Waals surface area contributed by atoms with Crippen LogP contribution in [0.15, 0.2) is 53.0 Å². The molecule has 2 heterocycles. The van der Waals surface area contributed by atoms with Crippen molar-refractivity contribution in [3.8, 4) is 0 Å². The number of benzene rings is 1. The van der Waals surface area contributed by atoms with E-state index in [-0.39, 0.29) is 11.4 Å². The third-order valence-electron chi connectivity index (χ3n) is 3.11. The maximum atomic E-state index is 12.5. The van der Waals surface area contributed by atoms with Crippen LogP contribution in [0.3, 0.4) is 0 Å². The number of nitrogens with zero attached hydrogens (tertiary/aromatic N) is 1. The summed E-state index contributed by atoms with van der Waals surface area (Å²) in [6.45, 7) is 0.199. The van der Waals surface area contributed by atoms with Crippen molar-refractivity contribution in [2.75, 3.05) is 4.72 Å². The second kappa shape index (κ2) is 5.44. The molecule has 2 aromatic heterocycles. The minimum atomic E-state index is -3.65. The van der Waals surface area contributed by atoms with E-state index in [0.29, 0.717) is 10.6 Å². The lowest BCUT2D eigenvalue weighted by atomic mass is 10.1. The van der Waals surface area contributed by atoms with E-state index in [1.165, 1.54) is 11.3 Å². The highest BCUT2D eigenvalue weighted by atomic mass is 32.2. The van der Waals surface area contributed by atoms with Gasteiger partial charge in [0, 0.05) is 29.2 Å². The predicted molar refractivity (Wildman–Crippen MR) is 84.8 cm³/mol. The van der Waals surface area contributed by atoms with Gasteiger partial charge in [0.1, 0.15) is 4.90 Å². The summed E-state index contributed by atoms with van der Waals surface area (Å²) in [7, 11) is -3.65. The van der Waals surface area contributed by atoms with Crippen molar-refractivity contribution in [1.82, 2.24) is 4.98 Å². The Hall–Kier alpha value is -1.96. The second-order valence-electron chi connectivity index (χ2n) is 4.42. The lowest BCUT2D eigenvalue weighted by Gasteiger charge is -2.10. The van der Waals surface area contributed by atoms with Gasteiger partial charge in [0.05, 0.1) is 5.69 Å². The summed E-state index contributed by atoms with van der Waals surface area (Å²) >= 11 is 1.33. The van der Waals surface area contributed by atoms with Crippen molar-refractivity contribution in [2.45, 2.75) is 11.4 Å². The zero-order valence-electron chi connectivity index (χ0n) is 11.0. The number of nitrogens with one attached hydrogen (secondary N) is 1. The fraction of sp³-hybridized carbons (Fsp3) is 0.0714. The topological polar surface area (TPSA) is 85.1 Å². The van der Waals surface area contributed by atoms with Crippen LogP contribution in [0.4, 0.5) is 5.69 Å². The van der Waals surface area contributed by atoms with E-state index in [2.05, 4.69) is 9.71 Å². The van der Waals surface area contributed by atoms with Crippen LogP contribution in [0.25, 0.3) is 10.8 Å². The molecule has 7 heteroatoms. The van der Waals surface area contributed by atoms with Gasteiger partial charge in [-0.15, -0.1) is 11.3 Å². The van der Waals surface area contributed by atoms with Crippen LogP contribution in [-0.4, -0.2) is 13.4 Å². The molecule has 108 valence electrons. The first-order valence-corrected chi connectivity index (χ1v) is 8.60. The lowest BCUT2D eigenvalue weighted by Crippen LogP contribution is -2.15. The number of rotatable bonds is 4. The largest absolute Gasteiger partial charge is 0.326 e. The molecule has 0 spiro atoms. The van der Waals surface area contributed by atoms with E-state index in [9.17, 15) is 8.42 Å². The number of thiophene rings is 1. The van der Waals surface area contributed by atoms with E-state index in [0.717, 1.165) is 10.8 Å². The molecule has 3 rings (SSSR count). The highest BCUT2D eigenvalue weighted by Gasteiger charge is 2.20. The highest BCUT2D eigenvalue weighted by Crippen LogP contribution is 2.27. The van der Waals surface area contributed by atoms with Crippen molar-refractivity contribution in [2.24, 2.45) is 5.73 Å². The number of hydrogen-bond acceptors (Lipinski definition) is 5. The van der Waals surface area contributed by atoms with Crippen molar-refractivity contribution in [3.63, 3.8) is 0 Å². The highest BCUT2D eigenvalue weighted by molar-refractivity contribution is 7.93. The van der Waals surface area contributed by atoms with Crippen LogP contribution in [-0.2, 0) is 16.6 Å². The maximum Gasteiger partial charge on any atom is 0.263 e. The summed E-state index contributed by atoms with van der Waals surface area (Å²) in [5, 5.41) is 3.41. The van der Waals surface area contributed by atoms with Gasteiger partial charge in [0.2, 0.25) is 0 Å². The first-order valence-electron chi connectivity index (χ1n) is 6.24. The second-order valence-corrected chi connectivity index (χ2v) is 7.07. The molecular formula is C14H13N3O2S2. The predicted octanol–water partition coefficient (Wildman–Crippen LogP) is 2.56. The molecule has 3 N–H and O–H groups in total. The zero-order valence-corrected chi connectivity index (χ0v) is 12.6. The fourth-order valence-electron chi connectivity index (χ4n) is 2.12. The smallest absolute Gasteiger partial charge is 0.263 e. The molecule has 0 aliphatic rings. The van der Waals surface area contributed by atoms with Crippen LogP contribution in [0.5, 0.6) is 0 Å². The number of aromatic nitrogens is 1. The summed E-state index contributed by atoms with van der Waals surface area (Å²) in [5.41, 5.74) is 6.09. The van der Waals surface area contributed by atoms with Gasteiger partial charge in [-0.2, -0.15) is 0 Å². The molecule has 0 atom stereocenters. The SMILES string of the molecule is NCc1sccc1S(=O)(=O)Nc1cccc2ccncc12. The average molecular weight is 319 g/mol. The van der Waals surface area contributed by atoms with Gasteiger partial charge in [-0.05, 0) is 29.0 Å². The number of sulfonamides is 1. The van der Waals surface area contributed by atoms with Crippen LogP contribution in [0.1, 0.15) is 4.88 Å². The number of fused-ring (bicyclic) bond motifs is 1. The Morgan fingerprint density at radius 1 is 1.24 bits per heavy atom. The van der Waals surface area contributed by atoms with Gasteiger partial charge in [-0.1, -0.05) is 12.1 Å². The lowest BCUT2D eigenvalue weighted by molar-refractivity contribution is 0.600. The van der Waals surface area contributed by atoms with Gasteiger partial charge in [0.25, 0.3) is 10.0 Å². The van der Waals surface area contributed by atoms with E-state index in [1.807, 2.05) is 12.1 Å². The molecule has 0 amide bonds. The Bertz CT molecular complexity index is 883. The number of nitrogens with two attached hydrogens (primary N) is 1. The summed E-state index contributed by atoms with van der Waals surface area (Å²) in [4.78, 5) is 4.92. The number of anilines is 1. The molecule has 3 aromatic rings. The van der Waals surface area contributed by atoms with Gasteiger partial charge in [-0.3, -0.25) is 9.71 Å². The summed E-state index contributed by atoms with van der Waals surface area (Å²) in [6, 6.07) is 8.83. The van der Waals surface area contributed by atoms with Gasteiger partial charge < -0.3 is 5.73 Å². The number of pyridine rings is 1. The first-order chi connectivity index (χ1) is 10.1. The maximum absolute atomic E-state index is 12.5. The average Bonchev–Trinajstić information content (AvgIpc) is 2.97. The molecule has 0 saturated carbocycles. The van der Waals surface area contributed by atoms with E-state index >= 15 is 0 Å². The van der Waals surface area contributed by atoms with E-state index in [1.54, 1.807) is 36.0 Å². The third-order valence-corrected chi connectivity index (χ3v) is 5.63. The molecule has 21 heavy (non-hydrogen) atoms. The minimum absolute atomic E-state index is 0.199. The van der Waals surface area contributed by atoms with Crippen molar-refractivity contribution in [1.29, 1.82) is 0 Å². The molecule has 0 aliphatic heterocycles. The van der Waals surface area contributed by atoms with Gasteiger partial charge in [-0.25, -0.2) is 8.42 Å². The first kappa shape index (κ1) is 14.0. The van der Waals surface area contributed by atoms with Gasteiger partial charge >= 0.3 is 0 Å². The zero-order chi connectivity index (χ0) is 14.9. The molecule has 0 radical (unpaired) electrons. The molecule has 0 aliphatic carbocycles. The third kappa shape index (κ3) is 2.63. The van der Waals surface area contributed by atoms with Crippen molar-refractivity contribution >= 4 is 37.8 Å². The van der Waals surface area contributed by atoms with E-state index in [4.69, 9.17) is 5.73 Å². The number of hydrogen-bond donors (Lipinski definition) is 2. The Morgan fingerprint density at radius 2 is 2.10 bits per heavy atom. The Balaban J connectivity index is 2.06. The molecule has 0 saturated heterocycles. The van der Waals surface area contributed by atoms with Crippen LogP contribution >= 0.6 is 11.3 Å². The molecule has 5 nitrogen and oxygen atoms in total. The monoisotopic (exact) mass is 319 g/mol. The fourth-order valence-corrected chi connectivity index (χ4v) is 4.54. The van der Waals surface area contributed by atoms with Crippen LogP contribution < -0.4 is 10.5 Å². The molecule has 1 aromatic carbocycles. The van der Waals surface area contributed by atoms with E-state index < -0.39 is 10.0 Å². The van der Waals surface area contributed by atoms with Gasteiger partial charge in [0.15, 0.2) is 0 Å². The Labute approximate surface area is 126 Å². The molecule has 0 unspecified atom stereocenters. The Morgan fingerprint density at radius 3 is 2.90 bits per heavy atom. The van der Waals surface area contributed by atoms with Crippen LogP contribution in [0.2, 0.25) is 0 Å². The van der Waals surface area contributed by atoms with Crippen molar-refractivity contribution < 1.29 is 8.42 Å².